The average Bonchev–Trinajstić information content (AvgIpc) is 2.71. The van der Waals surface area contributed by atoms with Gasteiger partial charge in [-0.05, 0) is 29.1 Å². The first-order valence-electron chi connectivity index (χ1n) is 9.00. The molecule has 3 N–H and O–H groups in total. The maximum Gasteiger partial charge on any atom is 0.412 e. The topological polar surface area (TPSA) is 88.0 Å². The van der Waals surface area contributed by atoms with Gasteiger partial charge in [0.25, 0.3) is 0 Å². The molecule has 0 fully saturated rings. The van der Waals surface area contributed by atoms with E-state index in [2.05, 4.69) is 5.32 Å². The van der Waals surface area contributed by atoms with Crippen LogP contribution in [0.3, 0.4) is 0 Å². The number of anilines is 1. The third-order valence-corrected chi connectivity index (χ3v) is 4.54. The number of carbonyl (C=O) groups excluding carboxylic acids is 1. The van der Waals surface area contributed by atoms with Crippen molar-refractivity contribution in [2.45, 2.75) is 18.6 Å². The molecule has 1 amide bonds. The largest absolute Gasteiger partial charge is 0.508 e. The third kappa shape index (κ3) is 4.60. The Hall–Kier alpha value is -3.09. The van der Waals surface area contributed by atoms with Crippen molar-refractivity contribution in [3.05, 3.63) is 72.3 Å². The monoisotopic (exact) mass is 381 g/mol. The molecule has 6 nitrogen and oxygen atoms in total. The Morgan fingerprint density at radius 3 is 2.46 bits per heavy atom. The highest BCUT2D eigenvalue weighted by Crippen LogP contribution is 2.28. The summed E-state index contributed by atoms with van der Waals surface area (Å²) < 4.78 is 11.1. The molecular formula is C22H23NO5. The lowest BCUT2D eigenvalue weighted by molar-refractivity contribution is -0.0306. The highest BCUT2D eigenvalue weighted by molar-refractivity contribution is 6.00. The van der Waals surface area contributed by atoms with Crippen LogP contribution in [0.25, 0.3) is 10.8 Å². The first-order valence-corrected chi connectivity index (χ1v) is 9.00. The van der Waals surface area contributed by atoms with E-state index in [9.17, 15) is 15.0 Å². The number of aromatic hydroxyl groups is 1. The highest BCUT2D eigenvalue weighted by atomic mass is 16.6. The van der Waals surface area contributed by atoms with Crippen molar-refractivity contribution in [2.75, 3.05) is 19.0 Å². The second-order valence-corrected chi connectivity index (χ2v) is 6.36. The molecule has 3 aromatic carbocycles. The van der Waals surface area contributed by atoms with E-state index in [1.54, 1.807) is 18.2 Å². The van der Waals surface area contributed by atoms with E-state index in [1.165, 1.54) is 19.2 Å². The second kappa shape index (κ2) is 9.21. The van der Waals surface area contributed by atoms with Crippen LogP contribution in [0.1, 0.15) is 18.1 Å². The average molecular weight is 381 g/mol. The lowest BCUT2D eigenvalue weighted by atomic mass is 10.0. The first-order chi connectivity index (χ1) is 13.6. The van der Waals surface area contributed by atoms with E-state index in [4.69, 9.17) is 9.47 Å². The summed E-state index contributed by atoms with van der Waals surface area (Å²) in [5.74, 6) is 0.110. The van der Waals surface area contributed by atoms with Gasteiger partial charge in [-0.3, -0.25) is 5.32 Å². The molecule has 3 aromatic rings. The lowest BCUT2D eigenvalue weighted by Crippen LogP contribution is -2.28. The number of carbonyl (C=O) groups is 1. The molecule has 0 aromatic heterocycles. The van der Waals surface area contributed by atoms with Crippen molar-refractivity contribution in [1.29, 1.82) is 0 Å². The van der Waals surface area contributed by atoms with Gasteiger partial charge in [0.2, 0.25) is 0 Å². The molecule has 0 unspecified atom stereocenters. The van der Waals surface area contributed by atoms with Crippen molar-refractivity contribution < 1.29 is 24.5 Å². The van der Waals surface area contributed by atoms with Gasteiger partial charge in [0.05, 0.1) is 5.69 Å². The van der Waals surface area contributed by atoms with Gasteiger partial charge in [0.15, 0.2) is 6.10 Å². The summed E-state index contributed by atoms with van der Waals surface area (Å²) in [6, 6.07) is 19.7. The lowest BCUT2D eigenvalue weighted by Gasteiger charge is -2.26. The van der Waals surface area contributed by atoms with Crippen LogP contribution in [0.2, 0.25) is 0 Å². The SMILES string of the molecule is CO[C@@H](CCO)[C@@H](OC(=O)Nc1cccc2ccccc12)c1ccc(O)cc1. The van der Waals surface area contributed by atoms with Crippen molar-refractivity contribution >= 4 is 22.6 Å². The summed E-state index contributed by atoms with van der Waals surface area (Å²) in [6.45, 7) is -0.110. The Kier molecular flexibility index (Phi) is 6.47. The van der Waals surface area contributed by atoms with Gasteiger partial charge in [0.1, 0.15) is 11.9 Å². The Labute approximate surface area is 163 Å². The van der Waals surface area contributed by atoms with Gasteiger partial charge in [-0.1, -0.05) is 48.5 Å². The summed E-state index contributed by atoms with van der Waals surface area (Å²) in [6.07, 6.45) is -1.61. The molecular weight excluding hydrogens is 358 g/mol. The second-order valence-electron chi connectivity index (χ2n) is 6.36. The van der Waals surface area contributed by atoms with Crippen LogP contribution in [0.15, 0.2) is 66.7 Å². The molecule has 6 heteroatoms. The van der Waals surface area contributed by atoms with Crippen LogP contribution < -0.4 is 5.32 Å². The van der Waals surface area contributed by atoms with Crippen LogP contribution in [0.4, 0.5) is 10.5 Å². The Bertz CT molecular complexity index is 920. The van der Waals surface area contributed by atoms with Gasteiger partial charge >= 0.3 is 6.09 Å². The van der Waals surface area contributed by atoms with Gasteiger partial charge in [0, 0.05) is 25.5 Å². The van der Waals surface area contributed by atoms with Gasteiger partial charge in [-0.25, -0.2) is 4.79 Å². The van der Waals surface area contributed by atoms with E-state index >= 15 is 0 Å². The van der Waals surface area contributed by atoms with E-state index in [0.717, 1.165) is 10.8 Å². The number of phenolic OH excluding ortho intramolecular Hbond substituents is 1. The van der Waals surface area contributed by atoms with E-state index in [1.807, 2.05) is 36.4 Å². The summed E-state index contributed by atoms with van der Waals surface area (Å²) in [5, 5.41) is 23.5. The summed E-state index contributed by atoms with van der Waals surface area (Å²) >= 11 is 0. The van der Waals surface area contributed by atoms with Gasteiger partial charge in [-0.15, -0.1) is 0 Å². The molecule has 3 rings (SSSR count). The van der Waals surface area contributed by atoms with Crippen LogP contribution in [-0.2, 0) is 9.47 Å². The van der Waals surface area contributed by atoms with Crippen molar-refractivity contribution in [2.24, 2.45) is 0 Å². The normalized spacial score (nSPS) is 13.1. The molecule has 0 bridgehead atoms. The fourth-order valence-electron chi connectivity index (χ4n) is 3.13. The van der Waals surface area contributed by atoms with Crippen molar-refractivity contribution in [3.8, 4) is 5.75 Å². The van der Waals surface area contributed by atoms with E-state index in [0.29, 0.717) is 17.7 Å². The molecule has 0 aliphatic heterocycles. The number of rotatable bonds is 7. The molecule has 146 valence electrons. The third-order valence-electron chi connectivity index (χ3n) is 4.54. The van der Waals surface area contributed by atoms with Crippen molar-refractivity contribution in [1.82, 2.24) is 0 Å². The maximum atomic E-state index is 12.6. The van der Waals surface area contributed by atoms with Crippen LogP contribution in [-0.4, -0.2) is 36.1 Å². The number of phenols is 1. The molecule has 0 heterocycles. The zero-order valence-electron chi connectivity index (χ0n) is 15.5. The molecule has 28 heavy (non-hydrogen) atoms. The van der Waals surface area contributed by atoms with E-state index in [-0.39, 0.29) is 12.4 Å². The summed E-state index contributed by atoms with van der Waals surface area (Å²) in [7, 11) is 1.50. The zero-order chi connectivity index (χ0) is 19.9. The molecule has 0 aliphatic rings. The number of aliphatic hydroxyl groups excluding tert-OH is 1. The van der Waals surface area contributed by atoms with Crippen LogP contribution >= 0.6 is 0 Å². The molecule has 0 aliphatic carbocycles. The highest BCUT2D eigenvalue weighted by Gasteiger charge is 2.27. The number of fused-ring (bicyclic) bond motifs is 1. The Balaban J connectivity index is 1.83. The molecule has 0 saturated carbocycles. The van der Waals surface area contributed by atoms with Gasteiger partial charge < -0.3 is 19.7 Å². The number of methoxy groups -OCH3 is 1. The number of amides is 1. The number of ether oxygens (including phenoxy) is 2. The number of hydrogen-bond donors (Lipinski definition) is 3. The number of nitrogens with one attached hydrogen (secondary N) is 1. The molecule has 0 saturated heterocycles. The van der Waals surface area contributed by atoms with Crippen LogP contribution in [0, 0.1) is 0 Å². The smallest absolute Gasteiger partial charge is 0.412 e. The molecule has 0 radical (unpaired) electrons. The fourth-order valence-corrected chi connectivity index (χ4v) is 3.13. The van der Waals surface area contributed by atoms with Crippen molar-refractivity contribution in [3.63, 3.8) is 0 Å². The minimum atomic E-state index is -0.743. The standard InChI is InChI=1S/C22H23NO5/c1-27-20(13-14-24)21(16-9-11-17(25)12-10-16)28-22(26)23-19-8-4-6-15-5-2-3-7-18(15)19/h2-12,20-21,24-25H,13-14H2,1H3,(H,23,26)/t20-,21-/m0/s1. The number of hydrogen-bond acceptors (Lipinski definition) is 5. The Morgan fingerprint density at radius 1 is 1.04 bits per heavy atom. The quantitative estimate of drug-likeness (QED) is 0.570. The number of aliphatic hydroxyl groups is 1. The predicted octanol–water partition coefficient (Wildman–Crippen LogP) is 4.23. The maximum absolute atomic E-state index is 12.6. The minimum absolute atomic E-state index is 0.110. The summed E-state index contributed by atoms with van der Waals surface area (Å²) in [4.78, 5) is 12.6. The number of benzene rings is 3. The Morgan fingerprint density at radius 2 is 1.75 bits per heavy atom. The van der Waals surface area contributed by atoms with Crippen LogP contribution in [0.5, 0.6) is 5.75 Å². The molecule has 2 atom stereocenters. The van der Waals surface area contributed by atoms with Gasteiger partial charge in [-0.2, -0.15) is 0 Å². The van der Waals surface area contributed by atoms with E-state index < -0.39 is 18.3 Å². The predicted molar refractivity (Wildman–Crippen MR) is 107 cm³/mol. The first kappa shape index (κ1) is 19.7. The fraction of sp³-hybridized carbons (Fsp3) is 0.227. The zero-order valence-corrected chi connectivity index (χ0v) is 15.5. The molecule has 0 spiro atoms. The minimum Gasteiger partial charge on any atom is -0.508 e. The summed E-state index contributed by atoms with van der Waals surface area (Å²) in [5.41, 5.74) is 1.30.